The van der Waals surface area contributed by atoms with Crippen LogP contribution in [0.5, 0.6) is 0 Å². The lowest BCUT2D eigenvalue weighted by atomic mass is 9.89. The summed E-state index contributed by atoms with van der Waals surface area (Å²) < 4.78 is 0.975. The maximum Gasteiger partial charge on any atom is 0.101 e. The zero-order chi connectivity index (χ0) is 13.8. The van der Waals surface area contributed by atoms with Gasteiger partial charge in [-0.2, -0.15) is 5.26 Å². The zero-order valence-corrected chi connectivity index (χ0v) is 13.3. The first-order chi connectivity index (χ1) is 9.11. The molecule has 0 bridgehead atoms. The molecule has 0 spiro atoms. The summed E-state index contributed by atoms with van der Waals surface area (Å²) in [6.45, 7) is 6.78. The summed E-state index contributed by atoms with van der Waals surface area (Å²) in [7, 11) is 0. The summed E-state index contributed by atoms with van der Waals surface area (Å²) in [5.74, 6) is 1.59. The number of benzene rings is 1. The minimum absolute atomic E-state index is 0.764. The van der Waals surface area contributed by atoms with Crippen LogP contribution in [0, 0.1) is 23.2 Å². The SMILES string of the molecule is CC(C)C1CCCN(c2ccc(Br)cc2C#N)CC1. The predicted octanol–water partition coefficient (Wildman–Crippen LogP) is 4.58. The fraction of sp³-hybridized carbons (Fsp3) is 0.562. The van der Waals surface area contributed by atoms with E-state index in [0.29, 0.717) is 0 Å². The van der Waals surface area contributed by atoms with Crippen molar-refractivity contribution < 1.29 is 0 Å². The van der Waals surface area contributed by atoms with Gasteiger partial charge >= 0.3 is 0 Å². The predicted molar refractivity (Wildman–Crippen MR) is 83.2 cm³/mol. The molecule has 2 nitrogen and oxygen atoms in total. The Morgan fingerprint density at radius 3 is 2.79 bits per heavy atom. The fourth-order valence-electron chi connectivity index (χ4n) is 2.90. The molecule has 0 saturated carbocycles. The zero-order valence-electron chi connectivity index (χ0n) is 11.7. The Hall–Kier alpha value is -1.01. The van der Waals surface area contributed by atoms with Crippen LogP contribution in [0.25, 0.3) is 0 Å². The Morgan fingerprint density at radius 1 is 1.32 bits per heavy atom. The second kappa shape index (κ2) is 6.43. The first kappa shape index (κ1) is 14.4. The molecule has 3 heteroatoms. The lowest BCUT2D eigenvalue weighted by Crippen LogP contribution is -2.25. The molecule has 0 radical (unpaired) electrons. The molecule has 1 atom stereocenters. The molecule has 1 unspecified atom stereocenters. The van der Waals surface area contributed by atoms with Crippen molar-refractivity contribution in [1.29, 1.82) is 5.26 Å². The van der Waals surface area contributed by atoms with Gasteiger partial charge in [0.1, 0.15) is 6.07 Å². The Kier molecular flexibility index (Phi) is 4.87. The largest absolute Gasteiger partial charge is 0.370 e. The Bertz CT molecular complexity index is 476. The van der Waals surface area contributed by atoms with Gasteiger partial charge in [0, 0.05) is 17.6 Å². The maximum absolute atomic E-state index is 9.29. The van der Waals surface area contributed by atoms with E-state index in [-0.39, 0.29) is 0 Å². The molecule has 1 aliphatic rings. The molecule has 0 amide bonds. The van der Waals surface area contributed by atoms with Crippen molar-refractivity contribution >= 4 is 21.6 Å². The molecule has 0 aromatic heterocycles. The molecule has 2 rings (SSSR count). The van der Waals surface area contributed by atoms with Crippen molar-refractivity contribution in [2.45, 2.75) is 33.1 Å². The third kappa shape index (κ3) is 3.51. The van der Waals surface area contributed by atoms with E-state index in [0.717, 1.165) is 40.6 Å². The van der Waals surface area contributed by atoms with E-state index in [1.54, 1.807) is 0 Å². The number of rotatable bonds is 2. The second-order valence-corrected chi connectivity index (χ2v) is 6.61. The van der Waals surface area contributed by atoms with Crippen LogP contribution in [0.3, 0.4) is 0 Å². The molecule has 1 fully saturated rings. The van der Waals surface area contributed by atoms with Crippen molar-refractivity contribution in [2.75, 3.05) is 18.0 Å². The molecule has 1 aliphatic heterocycles. The molecule has 1 aromatic carbocycles. The summed E-state index contributed by atoms with van der Waals surface area (Å²) in [5.41, 5.74) is 1.87. The average Bonchev–Trinajstić information content (AvgIpc) is 2.64. The van der Waals surface area contributed by atoms with Crippen molar-refractivity contribution in [2.24, 2.45) is 11.8 Å². The summed E-state index contributed by atoms with van der Waals surface area (Å²) in [5, 5.41) is 9.29. The molecule has 1 saturated heterocycles. The van der Waals surface area contributed by atoms with Crippen molar-refractivity contribution in [3.05, 3.63) is 28.2 Å². The van der Waals surface area contributed by atoms with Gasteiger partial charge in [0.15, 0.2) is 0 Å². The standard InChI is InChI=1S/C16H21BrN2/c1-12(2)13-4-3-8-19(9-7-13)16-6-5-15(17)10-14(16)11-18/h5-6,10,12-13H,3-4,7-9H2,1-2H3. The van der Waals surface area contributed by atoms with E-state index in [1.807, 2.05) is 12.1 Å². The fourth-order valence-corrected chi connectivity index (χ4v) is 3.26. The van der Waals surface area contributed by atoms with Crippen LogP contribution >= 0.6 is 15.9 Å². The van der Waals surface area contributed by atoms with E-state index in [9.17, 15) is 5.26 Å². The number of hydrogen-bond acceptors (Lipinski definition) is 2. The lowest BCUT2D eigenvalue weighted by Gasteiger charge is -2.24. The summed E-state index contributed by atoms with van der Waals surface area (Å²) >= 11 is 3.44. The van der Waals surface area contributed by atoms with E-state index in [2.05, 4.69) is 46.8 Å². The number of anilines is 1. The minimum atomic E-state index is 0.764. The number of nitriles is 1. The molecule has 102 valence electrons. The van der Waals surface area contributed by atoms with E-state index in [4.69, 9.17) is 0 Å². The first-order valence-electron chi connectivity index (χ1n) is 7.06. The summed E-state index contributed by atoms with van der Waals surface area (Å²) in [6, 6.07) is 8.33. The monoisotopic (exact) mass is 320 g/mol. The van der Waals surface area contributed by atoms with Crippen molar-refractivity contribution in [1.82, 2.24) is 0 Å². The Balaban J connectivity index is 2.17. The van der Waals surface area contributed by atoms with Crippen LogP contribution in [-0.2, 0) is 0 Å². The van der Waals surface area contributed by atoms with E-state index in [1.165, 1.54) is 19.3 Å². The third-order valence-corrected chi connectivity index (χ3v) is 4.63. The molecule has 1 heterocycles. The first-order valence-corrected chi connectivity index (χ1v) is 7.85. The maximum atomic E-state index is 9.29. The number of nitrogens with zero attached hydrogens (tertiary/aromatic N) is 2. The molecule has 1 aromatic rings. The highest BCUT2D eigenvalue weighted by molar-refractivity contribution is 9.10. The van der Waals surface area contributed by atoms with Crippen LogP contribution in [-0.4, -0.2) is 13.1 Å². The van der Waals surface area contributed by atoms with Gasteiger partial charge in [-0.15, -0.1) is 0 Å². The summed E-state index contributed by atoms with van der Waals surface area (Å²) in [4.78, 5) is 2.38. The lowest BCUT2D eigenvalue weighted by molar-refractivity contribution is 0.351. The number of hydrogen-bond donors (Lipinski definition) is 0. The van der Waals surface area contributed by atoms with Gasteiger partial charge in [0.25, 0.3) is 0 Å². The molecular weight excluding hydrogens is 300 g/mol. The molecule has 0 aliphatic carbocycles. The van der Waals surface area contributed by atoms with Gasteiger partial charge in [-0.3, -0.25) is 0 Å². The minimum Gasteiger partial charge on any atom is -0.370 e. The van der Waals surface area contributed by atoms with Crippen LogP contribution in [0.2, 0.25) is 0 Å². The Labute approximate surface area is 124 Å². The van der Waals surface area contributed by atoms with Gasteiger partial charge in [-0.05, 0) is 49.3 Å². The van der Waals surface area contributed by atoms with E-state index < -0.39 is 0 Å². The van der Waals surface area contributed by atoms with Crippen molar-refractivity contribution in [3.8, 4) is 6.07 Å². The van der Waals surface area contributed by atoms with Gasteiger partial charge < -0.3 is 4.90 Å². The van der Waals surface area contributed by atoms with Crippen LogP contribution < -0.4 is 4.90 Å². The Morgan fingerprint density at radius 2 is 2.11 bits per heavy atom. The summed E-state index contributed by atoms with van der Waals surface area (Å²) in [6.07, 6.45) is 3.77. The van der Waals surface area contributed by atoms with E-state index >= 15 is 0 Å². The highest BCUT2D eigenvalue weighted by Crippen LogP contribution is 2.30. The topological polar surface area (TPSA) is 27.0 Å². The van der Waals surface area contributed by atoms with Gasteiger partial charge in [-0.25, -0.2) is 0 Å². The van der Waals surface area contributed by atoms with Gasteiger partial charge in [-0.1, -0.05) is 29.8 Å². The normalized spacial score (nSPS) is 20.2. The van der Waals surface area contributed by atoms with Crippen LogP contribution in [0.4, 0.5) is 5.69 Å². The highest BCUT2D eigenvalue weighted by atomic mass is 79.9. The van der Waals surface area contributed by atoms with Crippen LogP contribution in [0.15, 0.2) is 22.7 Å². The van der Waals surface area contributed by atoms with Gasteiger partial charge in [0.2, 0.25) is 0 Å². The molecule has 19 heavy (non-hydrogen) atoms. The smallest absolute Gasteiger partial charge is 0.101 e. The number of halogens is 1. The highest BCUT2D eigenvalue weighted by Gasteiger charge is 2.21. The van der Waals surface area contributed by atoms with Gasteiger partial charge in [0.05, 0.1) is 11.3 Å². The third-order valence-electron chi connectivity index (χ3n) is 4.14. The average molecular weight is 321 g/mol. The second-order valence-electron chi connectivity index (χ2n) is 5.70. The molecule has 0 N–H and O–H groups in total. The van der Waals surface area contributed by atoms with Crippen molar-refractivity contribution in [3.63, 3.8) is 0 Å². The quantitative estimate of drug-likeness (QED) is 0.797. The van der Waals surface area contributed by atoms with Crippen LogP contribution in [0.1, 0.15) is 38.7 Å². The molecular formula is C16H21BrN2.